The van der Waals surface area contributed by atoms with Gasteiger partial charge < -0.3 is 9.42 Å². The van der Waals surface area contributed by atoms with Crippen LogP contribution in [0.15, 0.2) is 41.2 Å². The number of hydrogen-bond acceptors (Lipinski definition) is 5. The number of aromatic nitrogens is 4. The van der Waals surface area contributed by atoms with Crippen molar-refractivity contribution in [3.63, 3.8) is 0 Å². The highest BCUT2D eigenvalue weighted by molar-refractivity contribution is 5.95. The van der Waals surface area contributed by atoms with E-state index in [1.165, 1.54) is 0 Å². The third-order valence-electron chi connectivity index (χ3n) is 4.61. The van der Waals surface area contributed by atoms with Gasteiger partial charge in [-0.1, -0.05) is 11.2 Å². The van der Waals surface area contributed by atoms with Crippen molar-refractivity contribution in [2.45, 2.75) is 32.7 Å². The number of hydrogen-bond donors (Lipinski definition) is 0. The molecule has 128 valence electrons. The zero-order valence-corrected chi connectivity index (χ0v) is 14.2. The molecular formula is C18H19N5O2. The lowest BCUT2D eigenvalue weighted by molar-refractivity contribution is 0.0730. The molecule has 1 aliphatic heterocycles. The zero-order valence-electron chi connectivity index (χ0n) is 14.2. The summed E-state index contributed by atoms with van der Waals surface area (Å²) < 4.78 is 6.88. The summed E-state index contributed by atoms with van der Waals surface area (Å²) in [4.78, 5) is 19.3. The lowest BCUT2D eigenvalue weighted by atomic mass is 10.1. The smallest absolute Gasteiger partial charge is 0.257 e. The summed E-state index contributed by atoms with van der Waals surface area (Å²) in [5.41, 5.74) is 2.20. The van der Waals surface area contributed by atoms with Gasteiger partial charge in [0.2, 0.25) is 0 Å². The minimum atomic E-state index is -0.0393. The van der Waals surface area contributed by atoms with E-state index < -0.39 is 0 Å². The summed E-state index contributed by atoms with van der Waals surface area (Å²) in [7, 11) is 0. The Morgan fingerprint density at radius 2 is 2.20 bits per heavy atom. The molecular weight excluding hydrogens is 318 g/mol. The minimum Gasteiger partial charge on any atom is -0.361 e. The lowest BCUT2D eigenvalue weighted by Gasteiger charge is -2.22. The van der Waals surface area contributed by atoms with Gasteiger partial charge in [-0.05, 0) is 38.8 Å². The standard InChI is InChI=1S/C18H19N5O2/c1-12-10-15(21-25-12)16-6-5-9-22(16)18(24)14-11-20-23(13(14)2)17-7-3-4-8-19-17/h3-4,7-8,10-11,16H,5-6,9H2,1-2H3/t16-/m1/s1. The van der Waals surface area contributed by atoms with Crippen LogP contribution < -0.4 is 0 Å². The molecule has 7 heteroatoms. The van der Waals surface area contributed by atoms with E-state index in [-0.39, 0.29) is 11.9 Å². The number of amides is 1. The molecule has 1 saturated heterocycles. The van der Waals surface area contributed by atoms with Crippen molar-refractivity contribution >= 4 is 5.91 Å². The van der Waals surface area contributed by atoms with Crippen LogP contribution >= 0.6 is 0 Å². The lowest BCUT2D eigenvalue weighted by Crippen LogP contribution is -2.31. The van der Waals surface area contributed by atoms with Gasteiger partial charge in [0.05, 0.1) is 23.5 Å². The first kappa shape index (κ1) is 15.6. The molecule has 1 aliphatic rings. The Bertz CT molecular complexity index is 899. The second-order valence-electron chi connectivity index (χ2n) is 6.26. The van der Waals surface area contributed by atoms with E-state index >= 15 is 0 Å². The topological polar surface area (TPSA) is 77.1 Å². The number of pyridine rings is 1. The van der Waals surface area contributed by atoms with Crippen LogP contribution in [0, 0.1) is 13.8 Å². The van der Waals surface area contributed by atoms with Gasteiger partial charge in [-0.15, -0.1) is 0 Å². The quantitative estimate of drug-likeness (QED) is 0.734. The molecule has 0 aromatic carbocycles. The maximum Gasteiger partial charge on any atom is 0.257 e. The largest absolute Gasteiger partial charge is 0.361 e. The predicted molar refractivity (Wildman–Crippen MR) is 90.3 cm³/mol. The molecule has 0 bridgehead atoms. The number of likely N-dealkylation sites (tertiary alicyclic amines) is 1. The highest BCUT2D eigenvalue weighted by Crippen LogP contribution is 2.33. The van der Waals surface area contributed by atoms with Crippen LogP contribution in [-0.4, -0.2) is 37.3 Å². The van der Waals surface area contributed by atoms with Crippen LogP contribution in [0.25, 0.3) is 5.82 Å². The average Bonchev–Trinajstić information content (AvgIpc) is 3.34. The monoisotopic (exact) mass is 337 g/mol. The van der Waals surface area contributed by atoms with E-state index in [2.05, 4.69) is 15.2 Å². The van der Waals surface area contributed by atoms with Crippen LogP contribution in [-0.2, 0) is 0 Å². The molecule has 7 nitrogen and oxygen atoms in total. The first-order valence-corrected chi connectivity index (χ1v) is 8.35. The summed E-state index contributed by atoms with van der Waals surface area (Å²) in [5.74, 6) is 1.43. The van der Waals surface area contributed by atoms with Crippen LogP contribution in [0.2, 0.25) is 0 Å². The minimum absolute atomic E-state index is 0.0252. The van der Waals surface area contributed by atoms with E-state index in [1.807, 2.05) is 43.0 Å². The molecule has 0 unspecified atom stereocenters. The molecule has 3 aromatic rings. The third-order valence-corrected chi connectivity index (χ3v) is 4.61. The Labute approximate surface area is 145 Å². The summed E-state index contributed by atoms with van der Waals surface area (Å²) >= 11 is 0. The van der Waals surface area contributed by atoms with Crippen LogP contribution in [0.3, 0.4) is 0 Å². The maximum absolute atomic E-state index is 13.1. The normalized spacial score (nSPS) is 17.2. The van der Waals surface area contributed by atoms with Gasteiger partial charge in [0.15, 0.2) is 5.82 Å². The molecule has 0 aliphatic carbocycles. The van der Waals surface area contributed by atoms with Crippen molar-refractivity contribution in [1.29, 1.82) is 0 Å². The Kier molecular flexibility index (Phi) is 3.83. The Morgan fingerprint density at radius 3 is 2.92 bits per heavy atom. The molecule has 0 saturated carbocycles. The second kappa shape index (κ2) is 6.16. The van der Waals surface area contributed by atoms with Gasteiger partial charge >= 0.3 is 0 Å². The molecule has 4 rings (SSSR count). The van der Waals surface area contributed by atoms with Gasteiger partial charge in [0.1, 0.15) is 11.5 Å². The van der Waals surface area contributed by atoms with Gasteiger partial charge in [-0.25, -0.2) is 9.67 Å². The van der Waals surface area contributed by atoms with Crippen molar-refractivity contribution in [2.75, 3.05) is 6.54 Å². The number of nitrogens with zero attached hydrogens (tertiary/aromatic N) is 5. The number of carbonyl (C=O) groups excluding carboxylic acids is 1. The molecule has 1 atom stereocenters. The highest BCUT2D eigenvalue weighted by atomic mass is 16.5. The maximum atomic E-state index is 13.1. The molecule has 0 spiro atoms. The zero-order chi connectivity index (χ0) is 17.4. The number of rotatable bonds is 3. The van der Waals surface area contributed by atoms with Gasteiger partial charge in [-0.3, -0.25) is 4.79 Å². The number of carbonyl (C=O) groups is 1. The first-order chi connectivity index (χ1) is 12.1. The van der Waals surface area contributed by atoms with E-state index in [9.17, 15) is 4.79 Å². The second-order valence-corrected chi connectivity index (χ2v) is 6.26. The van der Waals surface area contributed by atoms with Crippen molar-refractivity contribution in [3.05, 3.63) is 59.4 Å². The Morgan fingerprint density at radius 1 is 1.32 bits per heavy atom. The van der Waals surface area contributed by atoms with E-state index in [0.717, 1.165) is 30.0 Å². The van der Waals surface area contributed by atoms with E-state index in [4.69, 9.17) is 4.52 Å². The summed E-state index contributed by atoms with van der Waals surface area (Å²) in [6.45, 7) is 4.46. The first-order valence-electron chi connectivity index (χ1n) is 8.35. The van der Waals surface area contributed by atoms with Crippen molar-refractivity contribution in [1.82, 2.24) is 24.8 Å². The van der Waals surface area contributed by atoms with Crippen molar-refractivity contribution in [2.24, 2.45) is 0 Å². The Hall–Kier alpha value is -2.96. The molecule has 25 heavy (non-hydrogen) atoms. The van der Waals surface area contributed by atoms with Crippen molar-refractivity contribution < 1.29 is 9.32 Å². The molecule has 1 amide bonds. The fourth-order valence-corrected chi connectivity index (χ4v) is 3.34. The van der Waals surface area contributed by atoms with Gasteiger partial charge in [0, 0.05) is 18.8 Å². The highest BCUT2D eigenvalue weighted by Gasteiger charge is 2.34. The third kappa shape index (κ3) is 2.71. The van der Waals surface area contributed by atoms with Crippen LogP contribution in [0.1, 0.15) is 46.4 Å². The summed E-state index contributed by atoms with van der Waals surface area (Å²) in [5, 5.41) is 8.45. The molecule has 1 fully saturated rings. The van der Waals surface area contributed by atoms with Crippen LogP contribution in [0.5, 0.6) is 0 Å². The fraction of sp³-hybridized carbons (Fsp3) is 0.333. The van der Waals surface area contributed by atoms with Gasteiger partial charge in [0.25, 0.3) is 5.91 Å². The molecule has 4 heterocycles. The fourth-order valence-electron chi connectivity index (χ4n) is 3.34. The van der Waals surface area contributed by atoms with E-state index in [1.54, 1.807) is 17.1 Å². The van der Waals surface area contributed by atoms with Gasteiger partial charge in [-0.2, -0.15) is 5.10 Å². The predicted octanol–water partition coefficient (Wildman–Crippen LogP) is 2.85. The average molecular weight is 337 g/mol. The Balaban J connectivity index is 1.64. The molecule has 0 radical (unpaired) electrons. The summed E-state index contributed by atoms with van der Waals surface area (Å²) in [6, 6.07) is 7.48. The molecule has 3 aromatic heterocycles. The number of aryl methyl sites for hydroxylation is 1. The van der Waals surface area contributed by atoms with E-state index in [0.29, 0.717) is 17.9 Å². The summed E-state index contributed by atoms with van der Waals surface area (Å²) in [6.07, 6.45) is 5.18. The SMILES string of the molecule is Cc1cc([C@H]2CCCN2C(=O)c2cnn(-c3ccccn3)c2C)no1. The van der Waals surface area contributed by atoms with Crippen LogP contribution in [0.4, 0.5) is 0 Å². The van der Waals surface area contributed by atoms with Crippen molar-refractivity contribution in [3.8, 4) is 5.82 Å². The molecule has 0 N–H and O–H groups in total.